The molecule has 1 heterocycles. The summed E-state index contributed by atoms with van der Waals surface area (Å²) in [6, 6.07) is 16.9. The normalized spacial score (nSPS) is 8.79. The molecule has 0 radical (unpaired) electrons. The van der Waals surface area contributed by atoms with Gasteiger partial charge in [-0.1, -0.05) is 23.8 Å². The van der Waals surface area contributed by atoms with Gasteiger partial charge in [-0.05, 0) is 11.9 Å². The van der Waals surface area contributed by atoms with Crippen molar-refractivity contribution in [1.29, 1.82) is 0 Å². The van der Waals surface area contributed by atoms with Crippen LogP contribution in [-0.4, -0.2) is 4.98 Å². The molecule has 2 rings (SSSR count). The van der Waals surface area contributed by atoms with E-state index in [0.29, 0.717) is 0 Å². The zero-order chi connectivity index (χ0) is 10.2. The maximum absolute atomic E-state index is 4.19. The Morgan fingerprint density at radius 3 is 2.36 bits per heavy atom. The third kappa shape index (κ3) is 3.50. The van der Waals surface area contributed by atoms with Crippen LogP contribution in [0.3, 0.4) is 0 Å². The zero-order valence-electron chi connectivity index (χ0n) is 7.26. The van der Waals surface area contributed by atoms with E-state index in [-0.39, 0.29) is 0 Å². The van der Waals surface area contributed by atoms with E-state index in [9.17, 15) is 0 Å². The first kappa shape index (κ1) is 11.9. The summed E-state index contributed by atoms with van der Waals surface area (Å²) in [5, 5.41) is 0. The molecule has 1 aromatic carbocycles. The minimum atomic E-state index is 0.901. The van der Waals surface area contributed by atoms with Crippen molar-refractivity contribution < 1.29 is 16.1 Å². The van der Waals surface area contributed by atoms with Gasteiger partial charge in [-0.2, -0.15) is 12.1 Å². The van der Waals surface area contributed by atoms with E-state index in [1.807, 2.05) is 42.5 Å². The van der Waals surface area contributed by atoms with E-state index < -0.39 is 0 Å². The molecule has 1 nitrogen and oxygen atoms in total. The molecular formula is C11H8INPt. The molecule has 0 spiro atoms. The Labute approximate surface area is 106 Å². The number of hydrogen-bond donors (Lipinski definition) is 0. The summed E-state index contributed by atoms with van der Waals surface area (Å²) in [5.41, 5.74) is 2.01. The molecule has 74 valence electrons. The van der Waals surface area contributed by atoms with Crippen LogP contribution in [0.15, 0.2) is 48.7 Å². The van der Waals surface area contributed by atoms with Crippen molar-refractivity contribution in [3.63, 3.8) is 0 Å². The van der Waals surface area contributed by atoms with Crippen molar-refractivity contribution in [2.45, 2.75) is 0 Å². The molecule has 0 aliphatic heterocycles. The van der Waals surface area contributed by atoms with Crippen molar-refractivity contribution in [3.8, 4) is 11.3 Å². The van der Waals surface area contributed by atoms with E-state index in [2.05, 4.69) is 46.5 Å². The SMILES string of the molecule is [I][Pt+].[c-]1cccnc1-c1ccccc1. The smallest absolute Gasteiger partial charge is 0.0291 e. The summed E-state index contributed by atoms with van der Waals surface area (Å²) in [7, 11) is 0. The van der Waals surface area contributed by atoms with Crippen molar-refractivity contribution in [3.05, 3.63) is 54.7 Å². The number of benzene rings is 1. The number of nitrogens with zero attached hydrogens (tertiary/aromatic N) is 1. The van der Waals surface area contributed by atoms with Gasteiger partial charge in [0.25, 0.3) is 0 Å². The molecule has 14 heavy (non-hydrogen) atoms. The van der Waals surface area contributed by atoms with Gasteiger partial charge in [0.05, 0.1) is 0 Å². The molecule has 3 heteroatoms. The molecule has 0 amide bonds. The van der Waals surface area contributed by atoms with Crippen LogP contribution in [0.4, 0.5) is 0 Å². The molecule has 0 saturated carbocycles. The maximum Gasteiger partial charge on any atom is -0.0291 e. The Bertz CT molecular complexity index is 313. The van der Waals surface area contributed by atoms with E-state index in [4.69, 9.17) is 0 Å². The van der Waals surface area contributed by atoms with Gasteiger partial charge in [0.1, 0.15) is 0 Å². The first-order valence-corrected chi connectivity index (χ1v) is 10.4. The van der Waals surface area contributed by atoms with Gasteiger partial charge in [-0.25, -0.2) is 0 Å². The van der Waals surface area contributed by atoms with Gasteiger partial charge in [0, 0.05) is 0 Å². The summed E-state index contributed by atoms with van der Waals surface area (Å²) in [5.74, 6) is 0. The molecule has 0 fully saturated rings. The van der Waals surface area contributed by atoms with Crippen LogP contribution in [0.2, 0.25) is 0 Å². The van der Waals surface area contributed by atoms with Crippen LogP contribution in [0, 0.1) is 6.07 Å². The standard InChI is InChI=1S/C11H8N.HI.Pt/c1-2-6-10(7-3-1)11-8-4-5-9-12-11;;/h1-7,9H;1H;/q-1;;+2/p-1. The predicted molar refractivity (Wildman–Crippen MR) is 62.5 cm³/mol. The van der Waals surface area contributed by atoms with Gasteiger partial charge < -0.3 is 0 Å². The van der Waals surface area contributed by atoms with Crippen LogP contribution in [0.25, 0.3) is 11.3 Å². The number of aromatic nitrogens is 1. The Balaban J connectivity index is 0.000000461. The number of halogens is 1. The predicted octanol–water partition coefficient (Wildman–Crippen LogP) is 3.43. The first-order chi connectivity index (χ1) is 6.97. The van der Waals surface area contributed by atoms with Gasteiger partial charge in [-0.15, -0.1) is 18.2 Å². The van der Waals surface area contributed by atoms with Crippen molar-refractivity contribution >= 4 is 19.4 Å². The summed E-state index contributed by atoms with van der Waals surface area (Å²) in [6.45, 7) is 0. The summed E-state index contributed by atoms with van der Waals surface area (Å²) < 4.78 is 0. The largest absolute Gasteiger partial charge is 0.296 e. The number of hydrogen-bond acceptors (Lipinski definition) is 1. The van der Waals surface area contributed by atoms with Crippen molar-refractivity contribution in [1.82, 2.24) is 4.98 Å². The third-order valence-corrected chi connectivity index (χ3v) is 1.65. The molecular weight excluding hydrogens is 468 g/mol. The molecule has 0 saturated heterocycles. The van der Waals surface area contributed by atoms with E-state index in [0.717, 1.165) is 11.3 Å². The quantitative estimate of drug-likeness (QED) is 0.455. The van der Waals surface area contributed by atoms with Gasteiger partial charge in [0.2, 0.25) is 0 Å². The van der Waals surface area contributed by atoms with Crippen LogP contribution < -0.4 is 0 Å². The minimum Gasteiger partial charge on any atom is -0.296 e. The third-order valence-electron chi connectivity index (χ3n) is 1.65. The molecule has 0 bridgehead atoms. The molecule has 0 aliphatic rings. The fourth-order valence-electron chi connectivity index (χ4n) is 1.08. The zero-order valence-corrected chi connectivity index (χ0v) is 11.7. The maximum atomic E-state index is 4.19. The minimum absolute atomic E-state index is 0.901. The molecule has 1 aromatic heterocycles. The summed E-state index contributed by atoms with van der Waals surface area (Å²) in [4.78, 5) is 4.19. The summed E-state index contributed by atoms with van der Waals surface area (Å²) in [6.07, 6.45) is 1.78. The second kappa shape index (κ2) is 7.13. The van der Waals surface area contributed by atoms with Crippen LogP contribution in [0.1, 0.15) is 0 Å². The molecule has 0 aliphatic carbocycles. The fraction of sp³-hybridized carbons (Fsp3) is 0. The van der Waals surface area contributed by atoms with Crippen molar-refractivity contribution in [2.75, 3.05) is 0 Å². The second-order valence-corrected chi connectivity index (χ2v) is 2.50. The second-order valence-electron chi connectivity index (χ2n) is 2.50. The Morgan fingerprint density at radius 1 is 1.07 bits per heavy atom. The van der Waals surface area contributed by atoms with E-state index in [1.165, 1.54) is 0 Å². The Kier molecular flexibility index (Phi) is 6.04. The van der Waals surface area contributed by atoms with Gasteiger partial charge in [0.15, 0.2) is 0 Å². The van der Waals surface area contributed by atoms with Crippen molar-refractivity contribution in [2.24, 2.45) is 0 Å². The monoisotopic (exact) mass is 476 g/mol. The average Bonchev–Trinajstić information content (AvgIpc) is 2.34. The van der Waals surface area contributed by atoms with Gasteiger partial charge in [-0.3, -0.25) is 4.98 Å². The molecule has 2 aromatic rings. The topological polar surface area (TPSA) is 12.9 Å². The molecule has 0 N–H and O–H groups in total. The number of rotatable bonds is 1. The fourth-order valence-corrected chi connectivity index (χ4v) is 1.08. The summed E-state index contributed by atoms with van der Waals surface area (Å²) >= 11 is 4.23. The first-order valence-electron chi connectivity index (χ1n) is 3.97. The molecule has 0 atom stereocenters. The Hall–Kier alpha value is -0.212. The average molecular weight is 476 g/mol. The van der Waals surface area contributed by atoms with E-state index in [1.54, 1.807) is 6.20 Å². The Morgan fingerprint density at radius 2 is 1.79 bits per heavy atom. The van der Waals surface area contributed by atoms with Crippen LogP contribution in [-0.2, 0) is 16.1 Å². The van der Waals surface area contributed by atoms with Gasteiger partial charge >= 0.3 is 35.5 Å². The van der Waals surface area contributed by atoms with Crippen LogP contribution in [0.5, 0.6) is 0 Å². The molecule has 0 unspecified atom stereocenters. The van der Waals surface area contributed by atoms with Crippen LogP contribution >= 0.6 is 19.4 Å². The number of pyridine rings is 1. The van der Waals surface area contributed by atoms with E-state index >= 15 is 0 Å².